The van der Waals surface area contributed by atoms with Gasteiger partial charge in [0.15, 0.2) is 11.5 Å². The molecule has 0 unspecified atom stereocenters. The lowest BCUT2D eigenvalue weighted by Crippen LogP contribution is -2.31. The van der Waals surface area contributed by atoms with Gasteiger partial charge in [0.2, 0.25) is 11.7 Å². The Kier molecular flexibility index (Phi) is 6.44. The molecule has 27 heavy (non-hydrogen) atoms. The zero-order chi connectivity index (χ0) is 20.1. The molecular formula is C19H25N3O5. The lowest BCUT2D eigenvalue weighted by atomic mass is 10.1. The van der Waals surface area contributed by atoms with Crippen LogP contribution < -0.4 is 25.1 Å². The van der Waals surface area contributed by atoms with E-state index in [1.165, 1.54) is 21.3 Å². The predicted molar refractivity (Wildman–Crippen MR) is 101 cm³/mol. The highest BCUT2D eigenvalue weighted by atomic mass is 16.5. The second-order valence-corrected chi connectivity index (χ2v) is 6.14. The quantitative estimate of drug-likeness (QED) is 0.765. The third kappa shape index (κ3) is 4.58. The van der Waals surface area contributed by atoms with Crippen molar-refractivity contribution in [3.05, 3.63) is 45.1 Å². The van der Waals surface area contributed by atoms with Crippen molar-refractivity contribution in [1.82, 2.24) is 15.3 Å². The van der Waals surface area contributed by atoms with E-state index in [2.05, 4.69) is 15.3 Å². The Balaban J connectivity index is 2.21. The second-order valence-electron chi connectivity index (χ2n) is 6.14. The molecule has 146 valence electrons. The van der Waals surface area contributed by atoms with Crippen LogP contribution in [-0.4, -0.2) is 37.2 Å². The number of carbonyl (C=O) groups is 1. The van der Waals surface area contributed by atoms with Gasteiger partial charge in [-0.05, 0) is 38.5 Å². The summed E-state index contributed by atoms with van der Waals surface area (Å²) in [6.45, 7) is 5.25. The van der Waals surface area contributed by atoms with Crippen molar-refractivity contribution < 1.29 is 19.0 Å². The normalized spacial score (nSPS) is 11.6. The van der Waals surface area contributed by atoms with Crippen LogP contribution in [0.3, 0.4) is 0 Å². The fraction of sp³-hybridized carbons (Fsp3) is 0.421. The molecule has 1 atom stereocenters. The Labute approximate surface area is 157 Å². The number of aromatic amines is 1. The number of carbonyl (C=O) groups excluding carboxylic acids is 1. The van der Waals surface area contributed by atoms with Crippen LogP contribution >= 0.6 is 0 Å². The number of nitrogens with one attached hydrogen (secondary N) is 2. The third-order valence-electron chi connectivity index (χ3n) is 4.24. The van der Waals surface area contributed by atoms with Crippen molar-refractivity contribution >= 4 is 5.91 Å². The smallest absolute Gasteiger partial charge is 0.254 e. The molecule has 2 rings (SSSR count). The summed E-state index contributed by atoms with van der Waals surface area (Å²) in [6.07, 6.45) is -0.0524. The topological polar surface area (TPSA) is 103 Å². The van der Waals surface area contributed by atoms with Gasteiger partial charge in [-0.3, -0.25) is 9.59 Å². The Morgan fingerprint density at radius 2 is 1.74 bits per heavy atom. The van der Waals surface area contributed by atoms with E-state index in [0.717, 1.165) is 5.56 Å². The molecule has 1 heterocycles. The largest absolute Gasteiger partial charge is 0.493 e. The number of benzene rings is 1. The fourth-order valence-corrected chi connectivity index (χ4v) is 2.85. The first-order valence-corrected chi connectivity index (χ1v) is 8.46. The summed E-state index contributed by atoms with van der Waals surface area (Å²) < 4.78 is 16.0. The fourth-order valence-electron chi connectivity index (χ4n) is 2.85. The van der Waals surface area contributed by atoms with E-state index in [0.29, 0.717) is 34.3 Å². The molecule has 0 aliphatic rings. The van der Waals surface area contributed by atoms with Crippen molar-refractivity contribution in [3.63, 3.8) is 0 Å². The number of methoxy groups -OCH3 is 3. The van der Waals surface area contributed by atoms with Crippen LogP contribution in [-0.2, 0) is 11.2 Å². The number of aryl methyl sites for hydroxylation is 2. The first kappa shape index (κ1) is 20.3. The maximum atomic E-state index is 12.4. The molecule has 0 aliphatic carbocycles. The van der Waals surface area contributed by atoms with Crippen LogP contribution in [0, 0.1) is 13.8 Å². The first-order chi connectivity index (χ1) is 12.8. The number of aromatic nitrogens is 2. The van der Waals surface area contributed by atoms with Gasteiger partial charge in [0, 0.05) is 11.3 Å². The molecule has 0 bridgehead atoms. The van der Waals surface area contributed by atoms with Gasteiger partial charge < -0.3 is 24.5 Å². The molecule has 0 radical (unpaired) electrons. The van der Waals surface area contributed by atoms with E-state index < -0.39 is 0 Å². The summed E-state index contributed by atoms with van der Waals surface area (Å²) >= 11 is 0. The number of ether oxygens (including phenoxy) is 3. The third-order valence-corrected chi connectivity index (χ3v) is 4.24. The van der Waals surface area contributed by atoms with Crippen molar-refractivity contribution in [2.24, 2.45) is 0 Å². The van der Waals surface area contributed by atoms with Gasteiger partial charge in [0.1, 0.15) is 5.82 Å². The highest BCUT2D eigenvalue weighted by molar-refractivity contribution is 5.79. The summed E-state index contributed by atoms with van der Waals surface area (Å²) in [5.41, 5.74) is 1.39. The van der Waals surface area contributed by atoms with E-state index in [-0.39, 0.29) is 23.9 Å². The van der Waals surface area contributed by atoms with Crippen molar-refractivity contribution in [1.29, 1.82) is 0 Å². The van der Waals surface area contributed by atoms with E-state index >= 15 is 0 Å². The Hall–Kier alpha value is -3.03. The minimum absolute atomic E-state index is 0.0524. The molecular weight excluding hydrogens is 350 g/mol. The minimum Gasteiger partial charge on any atom is -0.493 e. The molecule has 0 fully saturated rings. The maximum absolute atomic E-state index is 12.4. The van der Waals surface area contributed by atoms with Gasteiger partial charge >= 0.3 is 0 Å². The van der Waals surface area contributed by atoms with Gasteiger partial charge in [0.25, 0.3) is 5.56 Å². The molecule has 2 aromatic rings. The molecule has 0 saturated carbocycles. The Bertz CT molecular complexity index is 866. The zero-order valence-electron chi connectivity index (χ0n) is 16.4. The lowest BCUT2D eigenvalue weighted by molar-refractivity contribution is -0.121. The Morgan fingerprint density at radius 1 is 1.15 bits per heavy atom. The van der Waals surface area contributed by atoms with Crippen LogP contribution in [0.1, 0.15) is 35.6 Å². The number of nitrogens with zero attached hydrogens (tertiary/aromatic N) is 1. The van der Waals surface area contributed by atoms with Crippen molar-refractivity contribution in [2.45, 2.75) is 33.2 Å². The summed E-state index contributed by atoms with van der Waals surface area (Å²) in [7, 11) is 4.59. The van der Waals surface area contributed by atoms with E-state index in [9.17, 15) is 9.59 Å². The molecule has 8 heteroatoms. The van der Waals surface area contributed by atoms with Crippen LogP contribution in [0.4, 0.5) is 0 Å². The predicted octanol–water partition coefficient (Wildman–Crippen LogP) is 1.83. The Morgan fingerprint density at radius 3 is 2.22 bits per heavy atom. The minimum atomic E-state index is -0.330. The van der Waals surface area contributed by atoms with Gasteiger partial charge in [-0.15, -0.1) is 0 Å². The van der Waals surface area contributed by atoms with Gasteiger partial charge in [-0.25, -0.2) is 4.98 Å². The highest BCUT2D eigenvalue weighted by Crippen LogP contribution is 2.39. The van der Waals surface area contributed by atoms with Gasteiger partial charge in [0.05, 0.1) is 33.8 Å². The van der Waals surface area contributed by atoms with Crippen LogP contribution in [0.15, 0.2) is 16.9 Å². The van der Waals surface area contributed by atoms with E-state index in [4.69, 9.17) is 14.2 Å². The zero-order valence-corrected chi connectivity index (χ0v) is 16.4. The summed E-state index contributed by atoms with van der Waals surface area (Å²) in [5, 5.41) is 2.88. The standard InChI is InChI=1S/C19H25N3O5/c1-10(13-7-15(25-4)18(27-6)16(8-13)26-5)21-17(23)9-14-11(2)20-12(3)22-19(14)24/h7-8,10H,9H2,1-6H3,(H,21,23)(H,20,22,24)/t10-/m1/s1. The van der Waals surface area contributed by atoms with E-state index in [1.807, 2.05) is 6.92 Å². The van der Waals surface area contributed by atoms with Gasteiger partial charge in [-0.1, -0.05) is 0 Å². The first-order valence-electron chi connectivity index (χ1n) is 8.46. The average molecular weight is 375 g/mol. The summed E-state index contributed by atoms with van der Waals surface area (Å²) in [4.78, 5) is 31.3. The molecule has 0 aliphatic heterocycles. The number of amides is 1. The van der Waals surface area contributed by atoms with Crippen LogP contribution in [0.5, 0.6) is 17.2 Å². The number of H-pyrrole nitrogens is 1. The molecule has 1 amide bonds. The molecule has 8 nitrogen and oxygen atoms in total. The number of rotatable bonds is 7. The molecule has 1 aromatic heterocycles. The number of hydrogen-bond donors (Lipinski definition) is 2. The second kappa shape index (κ2) is 8.57. The number of hydrogen-bond acceptors (Lipinski definition) is 6. The van der Waals surface area contributed by atoms with E-state index in [1.54, 1.807) is 26.0 Å². The highest BCUT2D eigenvalue weighted by Gasteiger charge is 2.19. The molecule has 2 N–H and O–H groups in total. The molecule has 0 saturated heterocycles. The van der Waals surface area contributed by atoms with Gasteiger partial charge in [-0.2, -0.15) is 0 Å². The molecule has 1 aromatic carbocycles. The summed E-state index contributed by atoms with van der Waals surface area (Å²) in [6, 6.07) is 3.22. The molecule has 0 spiro atoms. The van der Waals surface area contributed by atoms with Crippen molar-refractivity contribution in [3.8, 4) is 17.2 Å². The summed E-state index contributed by atoms with van der Waals surface area (Å²) in [5.74, 6) is 1.73. The lowest BCUT2D eigenvalue weighted by Gasteiger charge is -2.19. The average Bonchev–Trinajstić information content (AvgIpc) is 2.63. The van der Waals surface area contributed by atoms with Crippen molar-refractivity contribution in [2.75, 3.05) is 21.3 Å². The monoisotopic (exact) mass is 375 g/mol. The van der Waals surface area contributed by atoms with Crippen LogP contribution in [0.25, 0.3) is 0 Å². The van der Waals surface area contributed by atoms with Crippen LogP contribution in [0.2, 0.25) is 0 Å². The SMILES string of the molecule is COc1cc([C@@H](C)NC(=O)Cc2c(C)nc(C)[nH]c2=O)cc(OC)c1OC. The maximum Gasteiger partial charge on any atom is 0.254 e.